The van der Waals surface area contributed by atoms with Crippen LogP contribution in [0.2, 0.25) is 0 Å². The molecule has 2 aromatic heterocycles. The van der Waals surface area contributed by atoms with Crippen LogP contribution in [0.15, 0.2) is 24.5 Å². The number of carbonyl (C=O) groups excluding carboxylic acids is 1. The topological polar surface area (TPSA) is 52.6 Å². The summed E-state index contributed by atoms with van der Waals surface area (Å²) < 4.78 is 13.8. The van der Waals surface area contributed by atoms with Crippen LogP contribution in [0.1, 0.15) is 47.5 Å². The fourth-order valence-electron chi connectivity index (χ4n) is 4.24. The van der Waals surface area contributed by atoms with E-state index in [4.69, 9.17) is 0 Å². The van der Waals surface area contributed by atoms with Crippen molar-refractivity contribution in [3.63, 3.8) is 0 Å². The number of piperidine rings is 2. The maximum atomic E-state index is 13.8. The third-order valence-corrected chi connectivity index (χ3v) is 6.96. The molecule has 8 heteroatoms. The van der Waals surface area contributed by atoms with Gasteiger partial charge in [0.1, 0.15) is 10.7 Å². The van der Waals surface area contributed by atoms with Crippen LogP contribution in [0.25, 0.3) is 0 Å². The first-order chi connectivity index (χ1) is 14.1. The molecular weight excluding hydrogens is 389 g/mol. The summed E-state index contributed by atoms with van der Waals surface area (Å²) in [5.74, 6) is -0.546. The van der Waals surface area contributed by atoms with Gasteiger partial charge in [-0.3, -0.25) is 9.78 Å². The van der Waals surface area contributed by atoms with Crippen molar-refractivity contribution >= 4 is 22.4 Å². The molecule has 2 aliphatic heterocycles. The van der Waals surface area contributed by atoms with Gasteiger partial charge in [0, 0.05) is 32.4 Å². The average molecular weight is 418 g/mol. The summed E-state index contributed by atoms with van der Waals surface area (Å²) in [6.07, 6.45) is 9.51. The zero-order chi connectivity index (χ0) is 20.2. The molecule has 2 saturated heterocycles. The van der Waals surface area contributed by atoms with E-state index in [-0.39, 0.29) is 18.1 Å². The molecule has 0 N–H and O–H groups in total. The van der Waals surface area contributed by atoms with E-state index in [1.807, 2.05) is 0 Å². The molecule has 0 unspecified atom stereocenters. The van der Waals surface area contributed by atoms with Gasteiger partial charge in [-0.2, -0.15) is 0 Å². The Morgan fingerprint density at radius 3 is 2.69 bits per heavy atom. The molecule has 2 fully saturated rings. The van der Waals surface area contributed by atoms with E-state index in [0.29, 0.717) is 10.9 Å². The largest absolute Gasteiger partial charge is 0.348 e. The number of thiazole rings is 1. The zero-order valence-electron chi connectivity index (χ0n) is 16.9. The summed E-state index contributed by atoms with van der Waals surface area (Å²) in [6.45, 7) is 4.59. The van der Waals surface area contributed by atoms with Crippen molar-refractivity contribution in [3.05, 3.63) is 40.9 Å². The predicted octanol–water partition coefficient (Wildman–Crippen LogP) is 3.40. The lowest BCUT2D eigenvalue weighted by Gasteiger charge is -2.40. The van der Waals surface area contributed by atoms with Crippen LogP contribution in [-0.4, -0.2) is 64.9 Å². The highest BCUT2D eigenvalue weighted by Crippen LogP contribution is 2.28. The third-order valence-electron chi connectivity index (χ3n) is 5.91. The Balaban J connectivity index is 1.33. The number of anilines is 1. The third kappa shape index (κ3) is 4.75. The smallest absolute Gasteiger partial charge is 0.265 e. The molecule has 156 valence electrons. The molecule has 0 aliphatic carbocycles. The minimum atomic E-state index is -0.395. The van der Waals surface area contributed by atoms with Crippen LogP contribution in [0.4, 0.5) is 9.52 Å². The van der Waals surface area contributed by atoms with Gasteiger partial charge in [0.05, 0.1) is 18.4 Å². The van der Waals surface area contributed by atoms with Gasteiger partial charge in [-0.15, -0.1) is 0 Å². The molecule has 2 aliphatic rings. The van der Waals surface area contributed by atoms with Gasteiger partial charge in [0.2, 0.25) is 0 Å². The van der Waals surface area contributed by atoms with Gasteiger partial charge in [-0.25, -0.2) is 9.37 Å². The molecule has 2 aromatic rings. The number of halogens is 1. The summed E-state index contributed by atoms with van der Waals surface area (Å²) in [4.78, 5) is 28.3. The van der Waals surface area contributed by atoms with Crippen molar-refractivity contribution in [1.29, 1.82) is 0 Å². The highest BCUT2D eigenvalue weighted by atomic mass is 32.1. The second kappa shape index (κ2) is 9.17. The number of rotatable bonds is 5. The van der Waals surface area contributed by atoms with E-state index in [2.05, 4.69) is 19.8 Å². The van der Waals surface area contributed by atoms with Crippen molar-refractivity contribution in [3.8, 4) is 0 Å². The van der Waals surface area contributed by atoms with Crippen molar-refractivity contribution in [2.75, 3.05) is 38.1 Å². The molecule has 0 radical (unpaired) electrons. The Bertz CT molecular complexity index is 830. The Morgan fingerprint density at radius 2 is 1.97 bits per heavy atom. The number of hydrogen-bond acceptors (Lipinski definition) is 6. The molecule has 29 heavy (non-hydrogen) atoms. The van der Waals surface area contributed by atoms with E-state index in [1.54, 1.807) is 19.3 Å². The quantitative estimate of drug-likeness (QED) is 0.746. The lowest BCUT2D eigenvalue weighted by Crippen LogP contribution is -2.46. The number of nitrogens with zero attached hydrogens (tertiary/aromatic N) is 5. The first-order valence-corrected chi connectivity index (χ1v) is 11.2. The van der Waals surface area contributed by atoms with Gasteiger partial charge in [-0.05, 0) is 50.9 Å². The SMILES string of the molecule is CN(Cc1ncccc1F)C(=O)c1cnc(N2CCC(N3CCCCC3)CC2)s1. The minimum Gasteiger partial charge on any atom is -0.348 e. The molecule has 0 atom stereocenters. The summed E-state index contributed by atoms with van der Waals surface area (Å²) in [5, 5.41) is 0.905. The highest BCUT2D eigenvalue weighted by Gasteiger charge is 2.27. The molecule has 0 saturated carbocycles. The van der Waals surface area contributed by atoms with Gasteiger partial charge < -0.3 is 14.7 Å². The first-order valence-electron chi connectivity index (χ1n) is 10.4. The lowest BCUT2D eigenvalue weighted by atomic mass is 10.0. The summed E-state index contributed by atoms with van der Waals surface area (Å²) >= 11 is 1.42. The Kier molecular flexibility index (Phi) is 6.40. The van der Waals surface area contributed by atoms with Crippen LogP contribution in [0, 0.1) is 5.82 Å². The van der Waals surface area contributed by atoms with Crippen molar-refractivity contribution in [2.24, 2.45) is 0 Å². The summed E-state index contributed by atoms with van der Waals surface area (Å²) in [6, 6.07) is 3.59. The number of likely N-dealkylation sites (tertiary alicyclic amines) is 1. The van der Waals surface area contributed by atoms with E-state index >= 15 is 0 Å². The Hall–Kier alpha value is -2.06. The van der Waals surface area contributed by atoms with Gasteiger partial charge in [0.15, 0.2) is 5.13 Å². The van der Waals surface area contributed by atoms with Crippen LogP contribution in [-0.2, 0) is 6.54 Å². The molecular formula is C21H28FN5OS. The predicted molar refractivity (Wildman–Crippen MR) is 113 cm³/mol. The zero-order valence-corrected chi connectivity index (χ0v) is 17.7. The van der Waals surface area contributed by atoms with E-state index < -0.39 is 5.82 Å². The van der Waals surface area contributed by atoms with Crippen LogP contribution in [0.3, 0.4) is 0 Å². The van der Waals surface area contributed by atoms with E-state index in [0.717, 1.165) is 31.1 Å². The monoisotopic (exact) mass is 417 g/mol. The number of hydrogen-bond donors (Lipinski definition) is 0. The van der Waals surface area contributed by atoms with Crippen LogP contribution in [0.5, 0.6) is 0 Å². The number of carbonyl (C=O) groups is 1. The van der Waals surface area contributed by atoms with E-state index in [1.165, 1.54) is 60.9 Å². The summed E-state index contributed by atoms with van der Waals surface area (Å²) in [7, 11) is 1.67. The lowest BCUT2D eigenvalue weighted by molar-refractivity contribution is 0.0786. The fourth-order valence-corrected chi connectivity index (χ4v) is 5.20. The average Bonchev–Trinajstić information content (AvgIpc) is 3.26. The molecule has 0 bridgehead atoms. The minimum absolute atomic E-state index is 0.139. The Labute approximate surface area is 175 Å². The van der Waals surface area contributed by atoms with Crippen LogP contribution >= 0.6 is 11.3 Å². The second-order valence-corrected chi connectivity index (χ2v) is 8.92. The van der Waals surface area contributed by atoms with Crippen molar-refractivity contribution in [2.45, 2.75) is 44.7 Å². The molecule has 4 rings (SSSR count). The van der Waals surface area contributed by atoms with Crippen LogP contribution < -0.4 is 4.90 Å². The number of aromatic nitrogens is 2. The fraction of sp³-hybridized carbons (Fsp3) is 0.571. The van der Waals surface area contributed by atoms with E-state index in [9.17, 15) is 9.18 Å². The number of amides is 1. The van der Waals surface area contributed by atoms with Gasteiger partial charge in [-0.1, -0.05) is 17.8 Å². The standard InChI is InChI=1S/C21H28FN5OS/c1-25(15-18-17(22)6-5-9-23-18)20(28)19-14-24-21(29-19)27-12-7-16(8-13-27)26-10-3-2-4-11-26/h5-6,9,14,16H,2-4,7-8,10-13,15H2,1H3. The molecule has 6 nitrogen and oxygen atoms in total. The number of pyridine rings is 1. The normalized spacial score (nSPS) is 18.8. The maximum Gasteiger partial charge on any atom is 0.265 e. The maximum absolute atomic E-state index is 13.8. The molecule has 4 heterocycles. The van der Waals surface area contributed by atoms with Crippen molar-refractivity contribution in [1.82, 2.24) is 19.8 Å². The Morgan fingerprint density at radius 1 is 1.21 bits per heavy atom. The van der Waals surface area contributed by atoms with Gasteiger partial charge >= 0.3 is 0 Å². The second-order valence-electron chi connectivity index (χ2n) is 7.92. The first kappa shape index (κ1) is 20.2. The van der Waals surface area contributed by atoms with Crippen molar-refractivity contribution < 1.29 is 9.18 Å². The van der Waals surface area contributed by atoms with Gasteiger partial charge in [0.25, 0.3) is 5.91 Å². The summed E-state index contributed by atoms with van der Waals surface area (Å²) in [5.41, 5.74) is 0.271. The molecule has 1 amide bonds. The highest BCUT2D eigenvalue weighted by molar-refractivity contribution is 7.17. The molecule has 0 spiro atoms. The molecule has 0 aromatic carbocycles.